The van der Waals surface area contributed by atoms with Crippen molar-refractivity contribution in [2.45, 2.75) is 50.7 Å². The van der Waals surface area contributed by atoms with Gasteiger partial charge in [-0.25, -0.2) is 9.18 Å². The van der Waals surface area contributed by atoms with Gasteiger partial charge in [-0.05, 0) is 49.9 Å². The van der Waals surface area contributed by atoms with E-state index in [1.807, 2.05) is 0 Å². The van der Waals surface area contributed by atoms with E-state index in [0.29, 0.717) is 44.3 Å². The van der Waals surface area contributed by atoms with Crippen molar-refractivity contribution in [3.05, 3.63) is 35.6 Å². The molecule has 0 aromatic heterocycles. The maximum atomic E-state index is 13.1. The van der Waals surface area contributed by atoms with Crippen LogP contribution < -0.4 is 11.0 Å². The van der Waals surface area contributed by atoms with Crippen molar-refractivity contribution in [2.75, 3.05) is 13.1 Å². The zero-order valence-corrected chi connectivity index (χ0v) is 14.2. The molecule has 0 saturated carbocycles. The molecule has 2 rings (SSSR count). The number of halogens is 1. The number of nitrogens with one attached hydrogen (secondary N) is 1. The molecule has 0 bridgehead atoms. The number of carboxylic acid groups (broad SMARTS) is 1. The van der Waals surface area contributed by atoms with E-state index in [1.165, 1.54) is 22.3 Å². The monoisotopic (exact) mass is 352 g/mol. The molecule has 25 heavy (non-hydrogen) atoms. The fourth-order valence-corrected chi connectivity index (χ4v) is 3.06. The van der Waals surface area contributed by atoms with E-state index >= 15 is 0 Å². The Morgan fingerprint density at radius 1 is 1.40 bits per heavy atom. The van der Waals surface area contributed by atoms with E-state index in [-0.39, 0.29) is 18.3 Å². The Kier molecular flexibility index (Phi) is 6.76. The number of carboxylic acids is 1. The molecular formula is C18H26FN3O3. The molecule has 1 aliphatic heterocycles. The normalized spacial score (nSPS) is 19.1. The lowest BCUT2D eigenvalue weighted by molar-refractivity contribution is -0.149. The van der Waals surface area contributed by atoms with Crippen LogP contribution in [0.2, 0.25) is 1.41 Å². The average Bonchev–Trinajstić information content (AvgIpc) is 3.10. The molecular weight excluding hydrogens is 325 g/mol. The summed E-state index contributed by atoms with van der Waals surface area (Å²) in [6.45, 7) is 1.05. The lowest BCUT2D eigenvalue weighted by Crippen LogP contribution is -2.50. The van der Waals surface area contributed by atoms with Crippen molar-refractivity contribution in [1.82, 2.24) is 10.2 Å². The number of likely N-dealkylation sites (tertiary alicyclic amines) is 1. The van der Waals surface area contributed by atoms with Gasteiger partial charge < -0.3 is 21.0 Å². The molecule has 7 heteroatoms. The van der Waals surface area contributed by atoms with Crippen LogP contribution in [0.15, 0.2) is 24.3 Å². The summed E-state index contributed by atoms with van der Waals surface area (Å²) in [6.07, 6.45) is 2.93. The van der Waals surface area contributed by atoms with E-state index in [1.54, 1.807) is 12.1 Å². The minimum atomic E-state index is -1.01. The molecule has 138 valence electrons. The molecule has 1 aromatic carbocycles. The predicted molar refractivity (Wildman–Crippen MR) is 92.3 cm³/mol. The molecule has 6 nitrogen and oxygen atoms in total. The zero-order valence-electron chi connectivity index (χ0n) is 15.2. The van der Waals surface area contributed by atoms with Crippen LogP contribution in [0.3, 0.4) is 0 Å². The number of nitrogens with two attached hydrogens (primary N) is 1. The van der Waals surface area contributed by atoms with E-state index in [2.05, 4.69) is 0 Å². The average molecular weight is 352 g/mol. The number of amides is 1. The molecule has 1 amide bonds. The highest BCUT2D eigenvalue weighted by atomic mass is 19.1. The third kappa shape index (κ3) is 5.51. The molecule has 1 fully saturated rings. The van der Waals surface area contributed by atoms with Crippen molar-refractivity contribution in [2.24, 2.45) is 5.73 Å². The van der Waals surface area contributed by atoms with Crippen LogP contribution in [0.5, 0.6) is 0 Å². The van der Waals surface area contributed by atoms with Gasteiger partial charge in [-0.3, -0.25) is 4.79 Å². The second-order valence-corrected chi connectivity index (χ2v) is 6.30. The SMILES string of the molecule is [2H]N(Cc1ccc(F)cc1)[C@@H](CCCCN)C(=O)N1CCC[C@H]1C(=O)O. The van der Waals surface area contributed by atoms with Gasteiger partial charge in [0.15, 0.2) is 0 Å². The summed E-state index contributed by atoms with van der Waals surface area (Å²) in [6, 6.07) is 4.22. The van der Waals surface area contributed by atoms with E-state index in [9.17, 15) is 19.1 Å². The third-order valence-electron chi connectivity index (χ3n) is 4.45. The number of carbonyl (C=O) groups excluding carboxylic acids is 1. The first-order valence-electron chi connectivity index (χ1n) is 9.12. The van der Waals surface area contributed by atoms with Gasteiger partial charge in [0.25, 0.3) is 0 Å². The molecule has 0 unspecified atom stereocenters. The topological polar surface area (TPSA) is 95.7 Å². The van der Waals surface area contributed by atoms with Crippen LogP contribution in [-0.4, -0.2) is 47.1 Å². The summed E-state index contributed by atoms with van der Waals surface area (Å²) in [5.74, 6) is -1.70. The highest BCUT2D eigenvalue weighted by Gasteiger charge is 2.36. The Labute approximate surface area is 148 Å². The summed E-state index contributed by atoms with van der Waals surface area (Å²) in [5, 5.41) is 10.5. The molecule has 1 saturated heterocycles. The molecule has 1 aromatic rings. The zero-order chi connectivity index (χ0) is 19.1. The van der Waals surface area contributed by atoms with Crippen LogP contribution in [-0.2, 0) is 16.1 Å². The third-order valence-corrected chi connectivity index (χ3v) is 4.45. The highest BCUT2D eigenvalue weighted by molar-refractivity contribution is 5.87. The first-order chi connectivity index (χ1) is 12.4. The Morgan fingerprint density at radius 2 is 2.12 bits per heavy atom. The van der Waals surface area contributed by atoms with Crippen molar-refractivity contribution in [3.63, 3.8) is 0 Å². The number of unbranched alkanes of at least 4 members (excludes halogenated alkanes) is 1. The van der Waals surface area contributed by atoms with Gasteiger partial charge >= 0.3 is 5.97 Å². The number of benzene rings is 1. The summed E-state index contributed by atoms with van der Waals surface area (Å²) >= 11 is 0. The molecule has 0 aliphatic carbocycles. The second-order valence-electron chi connectivity index (χ2n) is 6.30. The quantitative estimate of drug-likeness (QED) is 0.585. The van der Waals surface area contributed by atoms with Gasteiger partial charge in [-0.15, -0.1) is 0 Å². The Morgan fingerprint density at radius 3 is 2.76 bits per heavy atom. The minimum absolute atomic E-state index is 0.158. The van der Waals surface area contributed by atoms with Gasteiger partial charge in [0.2, 0.25) is 5.91 Å². The van der Waals surface area contributed by atoms with Crippen LogP contribution in [0, 0.1) is 5.82 Å². The highest BCUT2D eigenvalue weighted by Crippen LogP contribution is 2.20. The van der Waals surface area contributed by atoms with Crippen molar-refractivity contribution < 1.29 is 20.5 Å². The van der Waals surface area contributed by atoms with Gasteiger partial charge in [0.1, 0.15) is 13.3 Å². The van der Waals surface area contributed by atoms with Crippen LogP contribution in [0.1, 0.15) is 37.7 Å². The predicted octanol–water partition coefficient (Wildman–Crippen LogP) is 1.49. The van der Waals surface area contributed by atoms with Gasteiger partial charge in [0, 0.05) is 13.1 Å². The first kappa shape index (κ1) is 17.8. The van der Waals surface area contributed by atoms with Crippen LogP contribution >= 0.6 is 0 Å². The van der Waals surface area contributed by atoms with Gasteiger partial charge in [-0.2, -0.15) is 0 Å². The summed E-state index contributed by atoms with van der Waals surface area (Å²) in [5.41, 5.74) is 6.24. The first-order valence-corrected chi connectivity index (χ1v) is 8.67. The summed E-state index contributed by atoms with van der Waals surface area (Å²) in [4.78, 5) is 25.7. The van der Waals surface area contributed by atoms with Crippen molar-refractivity contribution in [3.8, 4) is 0 Å². The number of rotatable bonds is 9. The largest absolute Gasteiger partial charge is 0.480 e. The molecule has 1 heterocycles. The standard InChI is InChI=1S/C18H26FN3O3/c19-14-8-6-13(7-9-14)12-21-15(4-1-2-10-20)17(23)22-11-3-5-16(22)18(24)25/h6-9,15-16,21H,1-5,10-12,20H2,(H,24,25)/t15-,16-/m0/s1/i/hD. The number of hydrogen-bond donors (Lipinski definition) is 3. The number of nitrogens with zero attached hydrogens (tertiary/aromatic N) is 1. The second kappa shape index (κ2) is 9.48. The molecule has 2 atom stereocenters. The van der Waals surface area contributed by atoms with E-state index < -0.39 is 18.1 Å². The molecule has 1 aliphatic rings. The maximum absolute atomic E-state index is 13.1. The Balaban J connectivity index is 2.11. The maximum Gasteiger partial charge on any atom is 0.326 e. The fourth-order valence-electron chi connectivity index (χ4n) is 3.06. The lowest BCUT2D eigenvalue weighted by atomic mass is 10.1. The number of carbonyl (C=O) groups is 2. The molecule has 4 N–H and O–H groups in total. The number of aliphatic carboxylic acids is 1. The minimum Gasteiger partial charge on any atom is -0.480 e. The van der Waals surface area contributed by atoms with E-state index in [4.69, 9.17) is 7.15 Å². The van der Waals surface area contributed by atoms with Gasteiger partial charge in [-0.1, -0.05) is 18.6 Å². The van der Waals surface area contributed by atoms with E-state index in [0.717, 1.165) is 6.42 Å². The lowest BCUT2D eigenvalue weighted by Gasteiger charge is -2.27. The van der Waals surface area contributed by atoms with Crippen LogP contribution in [0.4, 0.5) is 4.39 Å². The van der Waals surface area contributed by atoms with Crippen molar-refractivity contribution in [1.29, 1.82) is 0 Å². The molecule has 0 radical (unpaired) electrons. The van der Waals surface area contributed by atoms with Gasteiger partial charge in [0.05, 0.1) is 6.04 Å². The Hall–Kier alpha value is -1.99. The van der Waals surface area contributed by atoms with Crippen molar-refractivity contribution >= 4 is 11.9 Å². The summed E-state index contributed by atoms with van der Waals surface area (Å²) < 4.78 is 21.4. The fraction of sp³-hybridized carbons (Fsp3) is 0.556. The summed E-state index contributed by atoms with van der Waals surface area (Å²) in [7, 11) is 0. The number of hydrogen-bond acceptors (Lipinski definition) is 4. The molecule has 0 spiro atoms. The Bertz CT molecular complexity index is 614. The van der Waals surface area contributed by atoms with Crippen LogP contribution in [0.25, 0.3) is 0 Å². The smallest absolute Gasteiger partial charge is 0.326 e.